The number of aromatic nitrogens is 2. The summed E-state index contributed by atoms with van der Waals surface area (Å²) in [6, 6.07) is 1.83. The van der Waals surface area contributed by atoms with Gasteiger partial charge < -0.3 is 15.5 Å². The molecule has 1 aromatic rings. The Hall–Kier alpha value is -1.40. The Morgan fingerprint density at radius 2 is 2.32 bits per heavy atom. The van der Waals surface area contributed by atoms with Crippen molar-refractivity contribution in [2.24, 2.45) is 5.92 Å². The lowest BCUT2D eigenvalue weighted by atomic mass is 10.4. The molecule has 0 unspecified atom stereocenters. The standard InChI is InChI=1S/C13H23N5O/c1-17(2)7-8-18-6-5-12(16-18)15-13(19)10-14-9-11-3-4-11/h5-6,11,14H,3-4,7-10H2,1-2H3,(H,15,16,19). The van der Waals surface area contributed by atoms with Gasteiger partial charge in [0.15, 0.2) is 5.82 Å². The zero-order valence-corrected chi connectivity index (χ0v) is 11.7. The average molecular weight is 265 g/mol. The fourth-order valence-electron chi connectivity index (χ4n) is 1.75. The molecular weight excluding hydrogens is 242 g/mol. The minimum atomic E-state index is -0.0292. The Morgan fingerprint density at radius 3 is 3.00 bits per heavy atom. The molecule has 106 valence electrons. The third-order valence-corrected chi connectivity index (χ3v) is 3.10. The predicted molar refractivity (Wildman–Crippen MR) is 75.0 cm³/mol. The van der Waals surface area contributed by atoms with Crippen LogP contribution in [-0.2, 0) is 11.3 Å². The van der Waals surface area contributed by atoms with E-state index in [4.69, 9.17) is 0 Å². The zero-order valence-electron chi connectivity index (χ0n) is 11.7. The smallest absolute Gasteiger partial charge is 0.239 e. The van der Waals surface area contributed by atoms with Crippen LogP contribution in [0.2, 0.25) is 0 Å². The van der Waals surface area contributed by atoms with Crippen molar-refractivity contribution >= 4 is 11.7 Å². The molecule has 0 aromatic carbocycles. The summed E-state index contributed by atoms with van der Waals surface area (Å²) >= 11 is 0. The van der Waals surface area contributed by atoms with Crippen molar-refractivity contribution in [3.63, 3.8) is 0 Å². The summed E-state index contributed by atoms with van der Waals surface area (Å²) in [5.74, 6) is 1.38. The van der Waals surface area contributed by atoms with Crippen molar-refractivity contribution in [3.8, 4) is 0 Å². The molecule has 0 aliphatic heterocycles. The second-order valence-corrected chi connectivity index (χ2v) is 5.39. The van der Waals surface area contributed by atoms with Gasteiger partial charge in [-0.2, -0.15) is 5.10 Å². The van der Waals surface area contributed by atoms with E-state index in [1.54, 1.807) is 0 Å². The van der Waals surface area contributed by atoms with Crippen molar-refractivity contribution < 1.29 is 4.79 Å². The van der Waals surface area contributed by atoms with Gasteiger partial charge in [-0.15, -0.1) is 0 Å². The molecule has 0 saturated heterocycles. The molecule has 1 aromatic heterocycles. The first-order valence-electron chi connectivity index (χ1n) is 6.82. The maximum atomic E-state index is 11.7. The van der Waals surface area contributed by atoms with Crippen LogP contribution >= 0.6 is 0 Å². The van der Waals surface area contributed by atoms with Gasteiger partial charge in [0, 0.05) is 18.8 Å². The molecule has 1 aliphatic rings. The summed E-state index contributed by atoms with van der Waals surface area (Å²) in [5, 5.41) is 10.3. The number of nitrogens with zero attached hydrogens (tertiary/aromatic N) is 3. The van der Waals surface area contributed by atoms with Gasteiger partial charge in [0.2, 0.25) is 5.91 Å². The summed E-state index contributed by atoms with van der Waals surface area (Å²) in [6.07, 6.45) is 4.48. The number of amides is 1. The number of anilines is 1. The summed E-state index contributed by atoms with van der Waals surface area (Å²) in [7, 11) is 4.05. The van der Waals surface area contributed by atoms with Crippen molar-refractivity contribution in [1.82, 2.24) is 20.0 Å². The molecular formula is C13H23N5O. The molecule has 1 heterocycles. The molecule has 1 fully saturated rings. The normalized spacial score (nSPS) is 14.9. The number of rotatable bonds is 8. The zero-order chi connectivity index (χ0) is 13.7. The van der Waals surface area contributed by atoms with Crippen LogP contribution < -0.4 is 10.6 Å². The van der Waals surface area contributed by atoms with Crippen LogP contribution in [0.15, 0.2) is 12.3 Å². The Kier molecular flexibility index (Phi) is 4.93. The molecule has 2 N–H and O–H groups in total. The van der Waals surface area contributed by atoms with E-state index in [-0.39, 0.29) is 5.91 Å². The molecule has 0 atom stereocenters. The lowest BCUT2D eigenvalue weighted by Gasteiger charge is -2.08. The van der Waals surface area contributed by atoms with Gasteiger partial charge in [0.05, 0.1) is 13.1 Å². The molecule has 6 heteroatoms. The number of hydrogen-bond acceptors (Lipinski definition) is 4. The predicted octanol–water partition coefficient (Wildman–Crippen LogP) is 0.383. The van der Waals surface area contributed by atoms with E-state index >= 15 is 0 Å². The van der Waals surface area contributed by atoms with E-state index in [0.717, 1.165) is 25.6 Å². The van der Waals surface area contributed by atoms with Crippen molar-refractivity contribution in [2.45, 2.75) is 19.4 Å². The molecule has 0 spiro atoms. The molecule has 1 saturated carbocycles. The highest BCUT2D eigenvalue weighted by Crippen LogP contribution is 2.27. The van der Waals surface area contributed by atoms with E-state index in [1.165, 1.54) is 12.8 Å². The van der Waals surface area contributed by atoms with Crippen LogP contribution in [0.3, 0.4) is 0 Å². The van der Waals surface area contributed by atoms with Gasteiger partial charge >= 0.3 is 0 Å². The molecule has 1 amide bonds. The Morgan fingerprint density at radius 1 is 1.53 bits per heavy atom. The number of hydrogen-bond donors (Lipinski definition) is 2. The Balaban J connectivity index is 1.67. The summed E-state index contributed by atoms with van der Waals surface area (Å²) < 4.78 is 1.84. The van der Waals surface area contributed by atoms with Crippen LogP contribution in [-0.4, -0.2) is 54.3 Å². The fraction of sp³-hybridized carbons (Fsp3) is 0.692. The number of nitrogens with one attached hydrogen (secondary N) is 2. The SMILES string of the molecule is CN(C)CCn1ccc(NC(=O)CNCC2CC2)n1. The van der Waals surface area contributed by atoms with Crippen LogP contribution in [0.5, 0.6) is 0 Å². The van der Waals surface area contributed by atoms with Crippen molar-refractivity contribution in [1.29, 1.82) is 0 Å². The third-order valence-electron chi connectivity index (χ3n) is 3.10. The molecule has 2 rings (SSSR count). The van der Waals surface area contributed by atoms with Crippen molar-refractivity contribution in [3.05, 3.63) is 12.3 Å². The van der Waals surface area contributed by atoms with Gasteiger partial charge in [0.25, 0.3) is 0 Å². The molecule has 19 heavy (non-hydrogen) atoms. The third kappa shape index (κ3) is 5.40. The van der Waals surface area contributed by atoms with Gasteiger partial charge in [-0.25, -0.2) is 0 Å². The van der Waals surface area contributed by atoms with E-state index in [9.17, 15) is 4.79 Å². The number of carbonyl (C=O) groups is 1. The summed E-state index contributed by atoms with van der Waals surface area (Å²) in [6.45, 7) is 3.06. The van der Waals surface area contributed by atoms with E-state index < -0.39 is 0 Å². The fourth-order valence-corrected chi connectivity index (χ4v) is 1.75. The van der Waals surface area contributed by atoms with Crippen molar-refractivity contribution in [2.75, 3.05) is 39.0 Å². The second-order valence-electron chi connectivity index (χ2n) is 5.39. The maximum absolute atomic E-state index is 11.7. The van der Waals surface area contributed by atoms with Crippen LogP contribution in [0.4, 0.5) is 5.82 Å². The number of likely N-dealkylation sites (N-methyl/N-ethyl adjacent to an activating group) is 1. The lowest BCUT2D eigenvalue weighted by molar-refractivity contribution is -0.115. The Bertz CT molecular complexity index is 411. The summed E-state index contributed by atoms with van der Waals surface area (Å²) in [4.78, 5) is 13.8. The largest absolute Gasteiger partial charge is 0.308 e. The molecule has 1 aliphatic carbocycles. The molecule has 0 bridgehead atoms. The topological polar surface area (TPSA) is 62.2 Å². The first-order chi connectivity index (χ1) is 9.13. The highest BCUT2D eigenvalue weighted by Gasteiger charge is 2.20. The lowest BCUT2D eigenvalue weighted by Crippen LogP contribution is -2.29. The van der Waals surface area contributed by atoms with Crippen LogP contribution in [0, 0.1) is 5.92 Å². The van der Waals surface area contributed by atoms with Gasteiger partial charge in [-0.3, -0.25) is 9.48 Å². The minimum Gasteiger partial charge on any atom is -0.308 e. The molecule has 0 radical (unpaired) electrons. The minimum absolute atomic E-state index is 0.0292. The van der Waals surface area contributed by atoms with Gasteiger partial charge in [0.1, 0.15) is 0 Å². The first-order valence-corrected chi connectivity index (χ1v) is 6.82. The van der Waals surface area contributed by atoms with Crippen LogP contribution in [0.1, 0.15) is 12.8 Å². The highest BCUT2D eigenvalue weighted by atomic mass is 16.2. The monoisotopic (exact) mass is 265 g/mol. The van der Waals surface area contributed by atoms with Gasteiger partial charge in [-0.1, -0.05) is 0 Å². The Labute approximate surface area is 114 Å². The van der Waals surface area contributed by atoms with E-state index in [0.29, 0.717) is 12.4 Å². The molecule has 6 nitrogen and oxygen atoms in total. The average Bonchev–Trinajstić information content (AvgIpc) is 3.06. The quantitative estimate of drug-likeness (QED) is 0.713. The first kappa shape index (κ1) is 14.0. The van der Waals surface area contributed by atoms with E-state index in [2.05, 4.69) is 20.6 Å². The van der Waals surface area contributed by atoms with Crippen LogP contribution in [0.25, 0.3) is 0 Å². The van der Waals surface area contributed by atoms with E-state index in [1.807, 2.05) is 31.0 Å². The summed E-state index contributed by atoms with van der Waals surface area (Å²) in [5.41, 5.74) is 0. The second kappa shape index (κ2) is 6.68. The number of carbonyl (C=O) groups excluding carboxylic acids is 1. The van der Waals surface area contributed by atoms with Gasteiger partial charge in [-0.05, 0) is 39.4 Å². The highest BCUT2D eigenvalue weighted by molar-refractivity contribution is 5.91. The maximum Gasteiger partial charge on any atom is 0.239 e.